The summed E-state index contributed by atoms with van der Waals surface area (Å²) in [6.07, 6.45) is 4.46. The van der Waals surface area contributed by atoms with Crippen LogP contribution in [0.3, 0.4) is 0 Å². The van der Waals surface area contributed by atoms with Crippen LogP contribution in [0.4, 0.5) is 0 Å². The summed E-state index contributed by atoms with van der Waals surface area (Å²) in [6, 6.07) is 0.615. The van der Waals surface area contributed by atoms with Crippen molar-refractivity contribution in [3.05, 3.63) is 24.3 Å². The standard InChI is InChI=1S/C30H54N2O4S2/c1-13-21(7)25-15-23(35-27(33)19(3)4)17-29(9,10)31(25)37-38-32-26(22(8)14-2)16-24(18-30(32,11)12)36-28(34)20(5)6/h21-27,33H,3,5,13-18H2,1-2,4,6-12H3/t21?,22?,23?,24?,25?,26?,27-/m1/s1. The molecule has 0 bridgehead atoms. The number of carbonyl (C=O) groups is 1. The molecule has 2 aliphatic rings. The van der Waals surface area contributed by atoms with Gasteiger partial charge in [-0.25, -0.2) is 13.4 Å². The fourth-order valence-corrected chi connectivity index (χ4v) is 9.50. The average Bonchev–Trinajstić information content (AvgIpc) is 2.81. The number of piperidine rings is 2. The minimum absolute atomic E-state index is 0.0133. The second-order valence-corrected chi connectivity index (χ2v) is 15.0. The molecule has 0 aromatic heterocycles. The van der Waals surface area contributed by atoms with Crippen LogP contribution in [0, 0.1) is 11.8 Å². The van der Waals surface area contributed by atoms with E-state index in [2.05, 4.69) is 77.2 Å². The second-order valence-electron chi connectivity index (χ2n) is 13.0. The zero-order valence-corrected chi connectivity index (χ0v) is 27.2. The third-order valence-corrected chi connectivity index (χ3v) is 11.5. The largest absolute Gasteiger partial charge is 0.459 e. The van der Waals surface area contributed by atoms with E-state index in [1.807, 2.05) is 28.9 Å². The van der Waals surface area contributed by atoms with Crippen LogP contribution < -0.4 is 0 Å². The Morgan fingerprint density at radius 2 is 1.34 bits per heavy atom. The summed E-state index contributed by atoms with van der Waals surface area (Å²) < 4.78 is 17.1. The number of aliphatic hydroxyl groups excluding tert-OH is 1. The Labute approximate surface area is 241 Å². The molecule has 7 atom stereocenters. The molecule has 6 unspecified atom stereocenters. The molecule has 2 fully saturated rings. The maximum absolute atomic E-state index is 12.3. The number of hydrogen-bond donors (Lipinski definition) is 1. The predicted octanol–water partition coefficient (Wildman–Crippen LogP) is 7.54. The lowest BCUT2D eigenvalue weighted by Crippen LogP contribution is -2.58. The van der Waals surface area contributed by atoms with Crippen molar-refractivity contribution in [2.75, 3.05) is 0 Å². The van der Waals surface area contributed by atoms with E-state index in [1.165, 1.54) is 0 Å². The molecule has 0 radical (unpaired) electrons. The summed E-state index contributed by atoms with van der Waals surface area (Å²) >= 11 is 0. The molecule has 0 aromatic rings. The lowest BCUT2D eigenvalue weighted by Gasteiger charge is -2.54. The van der Waals surface area contributed by atoms with Crippen LogP contribution in [0.15, 0.2) is 24.3 Å². The van der Waals surface area contributed by atoms with Gasteiger partial charge in [-0.15, -0.1) is 0 Å². The average molecular weight is 571 g/mol. The highest BCUT2D eigenvalue weighted by atomic mass is 33.1. The van der Waals surface area contributed by atoms with Gasteiger partial charge in [-0.3, -0.25) is 0 Å². The molecule has 2 aliphatic heterocycles. The Bertz CT molecular complexity index is 833. The van der Waals surface area contributed by atoms with Gasteiger partial charge in [-0.1, -0.05) is 53.7 Å². The van der Waals surface area contributed by atoms with E-state index < -0.39 is 6.29 Å². The van der Waals surface area contributed by atoms with Crippen LogP contribution in [0.5, 0.6) is 0 Å². The van der Waals surface area contributed by atoms with Crippen molar-refractivity contribution in [1.82, 2.24) is 8.61 Å². The van der Waals surface area contributed by atoms with Gasteiger partial charge in [0.25, 0.3) is 0 Å². The van der Waals surface area contributed by atoms with Gasteiger partial charge in [0.2, 0.25) is 0 Å². The maximum Gasteiger partial charge on any atom is 0.333 e. The van der Waals surface area contributed by atoms with Gasteiger partial charge in [-0.05, 0) is 71.8 Å². The molecule has 0 aromatic carbocycles. The highest BCUT2D eigenvalue weighted by molar-refractivity contribution is 8.74. The normalized spacial score (nSPS) is 30.3. The first-order valence-electron chi connectivity index (χ1n) is 14.3. The summed E-state index contributed by atoms with van der Waals surface area (Å²) in [5.41, 5.74) is 0.838. The van der Waals surface area contributed by atoms with Gasteiger partial charge in [0.1, 0.15) is 6.10 Å². The lowest BCUT2D eigenvalue weighted by atomic mass is 9.82. The van der Waals surface area contributed by atoms with E-state index in [0.29, 0.717) is 35.1 Å². The molecular weight excluding hydrogens is 516 g/mol. The van der Waals surface area contributed by atoms with Gasteiger partial charge in [-0.2, -0.15) is 0 Å². The molecule has 0 saturated carbocycles. The topological polar surface area (TPSA) is 62.2 Å². The number of hydrogen-bond acceptors (Lipinski definition) is 8. The van der Waals surface area contributed by atoms with Crippen LogP contribution in [0.25, 0.3) is 0 Å². The van der Waals surface area contributed by atoms with Gasteiger partial charge < -0.3 is 14.6 Å². The van der Waals surface area contributed by atoms with Crippen molar-refractivity contribution in [2.45, 2.75) is 149 Å². The van der Waals surface area contributed by atoms with Gasteiger partial charge in [0, 0.05) is 63.5 Å². The fraction of sp³-hybridized carbons (Fsp3) is 0.833. The minimum Gasteiger partial charge on any atom is -0.459 e. The predicted molar refractivity (Wildman–Crippen MR) is 162 cm³/mol. The molecule has 2 saturated heterocycles. The molecular formula is C30H54N2O4S2. The molecule has 0 aliphatic carbocycles. The third-order valence-electron chi connectivity index (χ3n) is 8.42. The van der Waals surface area contributed by atoms with E-state index >= 15 is 0 Å². The number of aliphatic hydroxyl groups is 1. The molecule has 38 heavy (non-hydrogen) atoms. The van der Waals surface area contributed by atoms with Crippen LogP contribution >= 0.6 is 22.0 Å². The maximum atomic E-state index is 12.3. The molecule has 1 N–H and O–H groups in total. The molecule has 0 amide bonds. The Balaban J connectivity index is 2.26. The van der Waals surface area contributed by atoms with Crippen LogP contribution in [-0.2, 0) is 14.3 Å². The number of rotatable bonds is 12. The van der Waals surface area contributed by atoms with Crippen molar-refractivity contribution in [3.8, 4) is 0 Å². The zero-order chi connectivity index (χ0) is 29.0. The summed E-state index contributed by atoms with van der Waals surface area (Å²) in [4.78, 5) is 12.3. The monoisotopic (exact) mass is 570 g/mol. The first-order chi connectivity index (χ1) is 17.5. The second kappa shape index (κ2) is 13.9. The van der Waals surface area contributed by atoms with E-state index in [0.717, 1.165) is 38.5 Å². The van der Waals surface area contributed by atoms with Gasteiger partial charge in [0.15, 0.2) is 6.29 Å². The van der Waals surface area contributed by atoms with Crippen LogP contribution in [0.1, 0.15) is 108 Å². The number of ether oxygens (including phenoxy) is 2. The Hall–Kier alpha value is -0.510. The Morgan fingerprint density at radius 3 is 1.74 bits per heavy atom. The molecule has 6 nitrogen and oxygen atoms in total. The highest BCUT2D eigenvalue weighted by Gasteiger charge is 2.48. The van der Waals surface area contributed by atoms with Gasteiger partial charge >= 0.3 is 5.97 Å². The summed E-state index contributed by atoms with van der Waals surface area (Å²) in [5.74, 6) is 0.667. The van der Waals surface area contributed by atoms with E-state index in [9.17, 15) is 9.90 Å². The zero-order valence-electron chi connectivity index (χ0n) is 25.6. The van der Waals surface area contributed by atoms with Crippen LogP contribution in [0.2, 0.25) is 0 Å². The van der Waals surface area contributed by atoms with Crippen LogP contribution in [-0.4, -0.2) is 61.3 Å². The van der Waals surface area contributed by atoms with E-state index in [-0.39, 0.29) is 29.3 Å². The summed E-state index contributed by atoms with van der Waals surface area (Å²) in [5, 5.41) is 10.4. The van der Waals surface area contributed by atoms with Crippen molar-refractivity contribution in [2.24, 2.45) is 11.8 Å². The van der Waals surface area contributed by atoms with E-state index in [1.54, 1.807) is 6.92 Å². The SMILES string of the molecule is C=C(C)C(=O)OC1CC(C(C)CC)N(SSN2C(C(C)CC)CC(O[C@@H](O)C(=C)C)CC2(C)C)C(C)(C)C1. The fourth-order valence-electron chi connectivity index (χ4n) is 5.69. The van der Waals surface area contributed by atoms with E-state index in [4.69, 9.17) is 9.47 Å². The summed E-state index contributed by atoms with van der Waals surface area (Å²) in [6.45, 7) is 29.4. The molecule has 220 valence electrons. The van der Waals surface area contributed by atoms with Crippen molar-refractivity contribution in [1.29, 1.82) is 0 Å². The minimum atomic E-state index is -0.917. The lowest BCUT2D eigenvalue weighted by molar-refractivity contribution is -0.149. The number of carbonyl (C=O) groups excluding carboxylic acids is 1. The Kier molecular flexibility index (Phi) is 12.3. The number of esters is 1. The smallest absolute Gasteiger partial charge is 0.333 e. The van der Waals surface area contributed by atoms with Crippen molar-refractivity contribution >= 4 is 27.9 Å². The van der Waals surface area contributed by atoms with Crippen molar-refractivity contribution < 1.29 is 19.4 Å². The van der Waals surface area contributed by atoms with Crippen molar-refractivity contribution in [3.63, 3.8) is 0 Å². The first-order valence-corrected chi connectivity index (χ1v) is 16.4. The summed E-state index contributed by atoms with van der Waals surface area (Å²) in [7, 11) is 3.72. The molecule has 2 heterocycles. The number of nitrogens with zero attached hydrogens (tertiary/aromatic N) is 2. The molecule has 2 rings (SSSR count). The molecule has 8 heteroatoms. The first kappa shape index (κ1) is 33.7. The quantitative estimate of drug-likeness (QED) is 0.0645. The molecule has 0 spiro atoms. The Morgan fingerprint density at radius 1 is 0.921 bits per heavy atom. The highest BCUT2D eigenvalue weighted by Crippen LogP contribution is 2.51. The van der Waals surface area contributed by atoms with Gasteiger partial charge in [0.05, 0.1) is 6.10 Å². The third kappa shape index (κ3) is 8.50.